The van der Waals surface area contributed by atoms with Crippen LogP contribution in [0.2, 0.25) is 0 Å². The zero-order valence-electron chi connectivity index (χ0n) is 14.0. The van der Waals surface area contributed by atoms with E-state index in [1.807, 2.05) is 5.32 Å². The maximum absolute atomic E-state index is 12.1. The lowest BCUT2D eigenvalue weighted by Gasteiger charge is -2.22. The van der Waals surface area contributed by atoms with Crippen LogP contribution in [-0.2, 0) is 24.0 Å². The number of carbonyl (C=O) groups is 5. The molecule has 0 aliphatic heterocycles. The van der Waals surface area contributed by atoms with Crippen molar-refractivity contribution in [3.8, 4) is 0 Å². The summed E-state index contributed by atoms with van der Waals surface area (Å²) in [7, 11) is 0. The van der Waals surface area contributed by atoms with Gasteiger partial charge in [0, 0.05) is 5.75 Å². The third-order valence-corrected chi connectivity index (χ3v) is 3.49. The lowest BCUT2D eigenvalue weighted by Crippen LogP contribution is -2.57. The van der Waals surface area contributed by atoms with Gasteiger partial charge in [-0.3, -0.25) is 19.2 Å². The van der Waals surface area contributed by atoms with E-state index >= 15 is 0 Å². The number of hydrogen-bond donors (Lipinski definition) is 8. The molecule has 9 N–H and O–H groups in total. The number of aliphatic hydroxyl groups excluding tert-OH is 1. The molecule has 0 spiro atoms. The molecule has 0 aromatic carbocycles. The number of carbonyl (C=O) groups excluding carboxylic acids is 4. The first kappa shape index (κ1) is 23.6. The average molecular weight is 393 g/mol. The van der Waals surface area contributed by atoms with E-state index in [0.717, 1.165) is 0 Å². The number of thiol groups is 1. The highest BCUT2D eigenvalue weighted by molar-refractivity contribution is 7.80. The number of rotatable bonds is 11. The molecule has 0 heterocycles. The van der Waals surface area contributed by atoms with Crippen LogP contribution in [0.5, 0.6) is 0 Å². The van der Waals surface area contributed by atoms with Crippen LogP contribution in [0.25, 0.3) is 0 Å². The molecule has 12 nitrogen and oxygen atoms in total. The maximum Gasteiger partial charge on any atom is 0.328 e. The van der Waals surface area contributed by atoms with Crippen LogP contribution < -0.4 is 27.4 Å². The second-order valence-electron chi connectivity index (χ2n) is 5.33. The third-order valence-electron chi connectivity index (χ3n) is 3.12. The molecule has 0 radical (unpaired) electrons. The molecule has 0 aromatic heterocycles. The Morgan fingerprint density at radius 3 is 1.96 bits per heavy atom. The minimum atomic E-state index is -1.52. The normalized spacial score (nSPS) is 15.1. The van der Waals surface area contributed by atoms with Gasteiger partial charge in [0.2, 0.25) is 23.6 Å². The summed E-state index contributed by atoms with van der Waals surface area (Å²) >= 11 is 3.92. The molecule has 4 amide bonds. The number of aliphatic carboxylic acids is 1. The zero-order chi connectivity index (χ0) is 20.4. The van der Waals surface area contributed by atoms with Crippen molar-refractivity contribution in [2.24, 2.45) is 11.5 Å². The average Bonchev–Trinajstić information content (AvgIpc) is 2.55. The van der Waals surface area contributed by atoms with Crippen LogP contribution in [0.1, 0.15) is 13.3 Å². The fourth-order valence-corrected chi connectivity index (χ4v) is 1.90. The van der Waals surface area contributed by atoms with Crippen LogP contribution in [0, 0.1) is 0 Å². The third kappa shape index (κ3) is 8.13. The molecule has 0 aliphatic carbocycles. The Balaban J connectivity index is 4.73. The van der Waals surface area contributed by atoms with E-state index in [-0.39, 0.29) is 5.75 Å². The summed E-state index contributed by atoms with van der Waals surface area (Å²) in [5.74, 6) is -4.80. The van der Waals surface area contributed by atoms with Gasteiger partial charge in [0.05, 0.1) is 19.1 Å². The topological polar surface area (TPSA) is 214 Å². The molecule has 0 aliphatic rings. The van der Waals surface area contributed by atoms with E-state index < -0.39 is 66.8 Å². The van der Waals surface area contributed by atoms with Crippen LogP contribution >= 0.6 is 12.6 Å². The van der Waals surface area contributed by atoms with Crippen molar-refractivity contribution in [1.29, 1.82) is 0 Å². The fraction of sp³-hybridized carbons (Fsp3) is 0.615. The Morgan fingerprint density at radius 2 is 1.54 bits per heavy atom. The number of primary amides is 1. The number of carboxylic acid groups (broad SMARTS) is 1. The fourth-order valence-electron chi connectivity index (χ4n) is 1.64. The second-order valence-corrected chi connectivity index (χ2v) is 5.70. The molecule has 0 rings (SSSR count). The summed E-state index contributed by atoms with van der Waals surface area (Å²) in [5.41, 5.74) is 10.4. The van der Waals surface area contributed by atoms with E-state index in [9.17, 15) is 24.0 Å². The van der Waals surface area contributed by atoms with Gasteiger partial charge in [0.25, 0.3) is 0 Å². The molecule has 0 bridgehead atoms. The summed E-state index contributed by atoms with van der Waals surface area (Å²) in [6.45, 7) is 0.453. The largest absolute Gasteiger partial charge is 0.480 e. The Labute approximate surface area is 154 Å². The Kier molecular flexibility index (Phi) is 10.2. The lowest BCUT2D eigenvalue weighted by molar-refractivity contribution is -0.143. The maximum atomic E-state index is 12.1. The predicted octanol–water partition coefficient (Wildman–Crippen LogP) is -4.33. The molecule has 26 heavy (non-hydrogen) atoms. The molecule has 0 fully saturated rings. The number of nitrogens with one attached hydrogen (secondary N) is 3. The van der Waals surface area contributed by atoms with Crippen LogP contribution in [0.4, 0.5) is 0 Å². The second kappa shape index (κ2) is 11.3. The van der Waals surface area contributed by atoms with Gasteiger partial charge in [-0.2, -0.15) is 12.6 Å². The van der Waals surface area contributed by atoms with E-state index in [1.165, 1.54) is 6.92 Å². The molecular formula is C13H23N5O7S. The number of carboxylic acids is 1. The minimum absolute atomic E-state index is 0.135. The van der Waals surface area contributed by atoms with Gasteiger partial charge in [-0.1, -0.05) is 0 Å². The molecule has 13 heteroatoms. The highest BCUT2D eigenvalue weighted by atomic mass is 32.1. The number of amides is 4. The first-order valence-corrected chi connectivity index (χ1v) is 8.06. The minimum Gasteiger partial charge on any atom is -0.480 e. The quantitative estimate of drug-likeness (QED) is 0.160. The Morgan fingerprint density at radius 1 is 1.00 bits per heavy atom. The molecular weight excluding hydrogens is 370 g/mol. The smallest absolute Gasteiger partial charge is 0.328 e. The van der Waals surface area contributed by atoms with Crippen molar-refractivity contribution in [1.82, 2.24) is 16.0 Å². The standard InChI is InChI=1S/C13H23N5O7S/c1-5(10(21)17-7(3-19)13(24)25)16-12(23)8(4-26)18-11(22)6(14)2-9(15)20/h5-8,19,26H,2-4,14H2,1H3,(H2,15,20)(H,16,23)(H,17,21)(H,18,22)(H,24,25). The van der Waals surface area contributed by atoms with E-state index in [0.29, 0.717) is 0 Å². The van der Waals surface area contributed by atoms with Crippen LogP contribution in [0.15, 0.2) is 0 Å². The highest BCUT2D eigenvalue weighted by Crippen LogP contribution is 1.95. The first-order valence-electron chi connectivity index (χ1n) is 7.43. The SMILES string of the molecule is CC(NC(=O)C(CS)NC(=O)C(N)CC(N)=O)C(=O)NC(CO)C(=O)O. The molecule has 0 saturated heterocycles. The van der Waals surface area contributed by atoms with Crippen molar-refractivity contribution in [3.05, 3.63) is 0 Å². The zero-order valence-corrected chi connectivity index (χ0v) is 14.9. The lowest BCUT2D eigenvalue weighted by atomic mass is 10.1. The van der Waals surface area contributed by atoms with Crippen LogP contribution in [-0.4, -0.2) is 76.3 Å². The van der Waals surface area contributed by atoms with E-state index in [4.69, 9.17) is 21.7 Å². The van der Waals surface area contributed by atoms with Crippen LogP contribution in [0.3, 0.4) is 0 Å². The van der Waals surface area contributed by atoms with E-state index in [1.54, 1.807) is 0 Å². The highest BCUT2D eigenvalue weighted by Gasteiger charge is 2.27. The molecule has 0 aromatic rings. The monoisotopic (exact) mass is 393 g/mol. The van der Waals surface area contributed by atoms with Gasteiger partial charge in [0.1, 0.15) is 18.1 Å². The number of aliphatic hydroxyl groups is 1. The molecule has 4 unspecified atom stereocenters. The predicted molar refractivity (Wildman–Crippen MR) is 91.8 cm³/mol. The molecule has 4 atom stereocenters. The van der Waals surface area contributed by atoms with Gasteiger partial charge in [-0.25, -0.2) is 4.79 Å². The molecule has 148 valence electrons. The summed E-state index contributed by atoms with van der Waals surface area (Å²) in [6.07, 6.45) is -0.413. The van der Waals surface area contributed by atoms with Crippen molar-refractivity contribution in [2.75, 3.05) is 12.4 Å². The van der Waals surface area contributed by atoms with Gasteiger partial charge < -0.3 is 37.6 Å². The Bertz CT molecular complexity index is 559. The van der Waals surface area contributed by atoms with E-state index in [2.05, 4.69) is 23.3 Å². The summed E-state index contributed by atoms with van der Waals surface area (Å²) < 4.78 is 0. The van der Waals surface area contributed by atoms with Gasteiger partial charge in [-0.15, -0.1) is 0 Å². The number of nitrogens with two attached hydrogens (primary N) is 2. The summed E-state index contributed by atoms with van der Waals surface area (Å²) in [4.78, 5) is 57.3. The summed E-state index contributed by atoms with van der Waals surface area (Å²) in [6, 6.07) is -5.08. The van der Waals surface area contributed by atoms with Crippen molar-refractivity contribution >= 4 is 42.2 Å². The van der Waals surface area contributed by atoms with Gasteiger partial charge in [0.15, 0.2) is 0 Å². The van der Waals surface area contributed by atoms with Gasteiger partial charge >= 0.3 is 5.97 Å². The van der Waals surface area contributed by atoms with Crippen molar-refractivity contribution in [3.63, 3.8) is 0 Å². The molecule has 0 saturated carbocycles. The van der Waals surface area contributed by atoms with Crippen molar-refractivity contribution in [2.45, 2.75) is 37.5 Å². The summed E-state index contributed by atoms with van der Waals surface area (Å²) in [5, 5.41) is 24.2. The van der Waals surface area contributed by atoms with Gasteiger partial charge in [-0.05, 0) is 6.92 Å². The Hall–Kier alpha value is -2.38. The first-order chi connectivity index (χ1) is 12.0. The van der Waals surface area contributed by atoms with Crippen molar-refractivity contribution < 1.29 is 34.2 Å². The number of hydrogen-bond acceptors (Lipinski definition) is 8.